The molecule has 0 bridgehead atoms. The van der Waals surface area contributed by atoms with Crippen molar-refractivity contribution in [3.8, 4) is 0 Å². The number of carbonyl (C=O) groups is 1. The third-order valence-corrected chi connectivity index (χ3v) is 5.58. The Kier molecular flexibility index (Phi) is 4.97. The zero-order valence-electron chi connectivity index (χ0n) is 16.1. The fraction of sp³-hybridized carbons (Fsp3) is 0.476. The van der Waals surface area contributed by atoms with Crippen molar-refractivity contribution >= 4 is 16.9 Å². The summed E-state index contributed by atoms with van der Waals surface area (Å²) in [6.45, 7) is 6.48. The average Bonchev–Trinajstić information content (AvgIpc) is 3.33. The summed E-state index contributed by atoms with van der Waals surface area (Å²) in [6, 6.07) is 6.21. The molecule has 0 aliphatic carbocycles. The number of imidazole rings is 2. The van der Waals surface area contributed by atoms with Gasteiger partial charge in [-0.25, -0.2) is 9.97 Å². The van der Waals surface area contributed by atoms with E-state index in [4.69, 9.17) is 4.98 Å². The highest BCUT2D eigenvalue weighted by atomic mass is 16.2. The SMILES string of the molecule is CCc1nccn1CCC(=O)N1CCCC(c2nc3c(C)cccc3[nH]2)C1. The van der Waals surface area contributed by atoms with Crippen LogP contribution in [0.3, 0.4) is 0 Å². The van der Waals surface area contributed by atoms with Crippen LogP contribution in [0.4, 0.5) is 0 Å². The maximum absolute atomic E-state index is 12.8. The van der Waals surface area contributed by atoms with E-state index in [0.29, 0.717) is 13.0 Å². The Morgan fingerprint density at radius 2 is 2.26 bits per heavy atom. The van der Waals surface area contributed by atoms with Crippen molar-refractivity contribution < 1.29 is 4.79 Å². The number of aromatic nitrogens is 4. The summed E-state index contributed by atoms with van der Waals surface area (Å²) in [5.41, 5.74) is 3.31. The lowest BCUT2D eigenvalue weighted by Crippen LogP contribution is -2.39. The number of hydrogen-bond donors (Lipinski definition) is 1. The predicted molar refractivity (Wildman–Crippen MR) is 106 cm³/mol. The van der Waals surface area contributed by atoms with E-state index in [1.807, 2.05) is 17.3 Å². The molecule has 3 heterocycles. The minimum absolute atomic E-state index is 0.225. The molecule has 1 amide bonds. The summed E-state index contributed by atoms with van der Waals surface area (Å²) in [5.74, 6) is 2.56. The third kappa shape index (κ3) is 3.61. The molecule has 1 saturated heterocycles. The van der Waals surface area contributed by atoms with Crippen LogP contribution in [-0.4, -0.2) is 43.4 Å². The number of benzene rings is 1. The fourth-order valence-corrected chi connectivity index (χ4v) is 4.05. The Morgan fingerprint density at radius 3 is 3.07 bits per heavy atom. The molecule has 1 aromatic carbocycles. The summed E-state index contributed by atoms with van der Waals surface area (Å²) >= 11 is 0. The Labute approximate surface area is 159 Å². The van der Waals surface area contributed by atoms with Gasteiger partial charge < -0.3 is 14.5 Å². The van der Waals surface area contributed by atoms with Crippen LogP contribution in [0.5, 0.6) is 0 Å². The number of fused-ring (bicyclic) bond motifs is 1. The normalized spacial score (nSPS) is 17.6. The molecule has 0 saturated carbocycles. The second kappa shape index (κ2) is 7.55. The molecule has 1 atom stereocenters. The molecule has 1 fully saturated rings. The highest BCUT2D eigenvalue weighted by molar-refractivity contribution is 5.79. The molecule has 1 N–H and O–H groups in total. The van der Waals surface area contributed by atoms with Crippen molar-refractivity contribution in [1.82, 2.24) is 24.4 Å². The number of likely N-dealkylation sites (tertiary alicyclic amines) is 1. The minimum atomic E-state index is 0.225. The molecule has 6 nitrogen and oxygen atoms in total. The number of para-hydroxylation sites is 1. The number of rotatable bonds is 5. The zero-order chi connectivity index (χ0) is 18.8. The minimum Gasteiger partial charge on any atom is -0.342 e. The van der Waals surface area contributed by atoms with Crippen molar-refractivity contribution in [3.63, 3.8) is 0 Å². The second-order valence-electron chi connectivity index (χ2n) is 7.41. The second-order valence-corrected chi connectivity index (χ2v) is 7.41. The van der Waals surface area contributed by atoms with Gasteiger partial charge in [0.15, 0.2) is 0 Å². The number of piperidine rings is 1. The van der Waals surface area contributed by atoms with Gasteiger partial charge in [0.25, 0.3) is 0 Å². The van der Waals surface area contributed by atoms with Crippen LogP contribution in [0.2, 0.25) is 0 Å². The molecular formula is C21H27N5O. The molecule has 4 rings (SSSR count). The maximum Gasteiger partial charge on any atom is 0.224 e. The zero-order valence-corrected chi connectivity index (χ0v) is 16.1. The van der Waals surface area contributed by atoms with E-state index >= 15 is 0 Å². The number of amides is 1. The van der Waals surface area contributed by atoms with Gasteiger partial charge in [0.2, 0.25) is 5.91 Å². The van der Waals surface area contributed by atoms with Crippen molar-refractivity contribution in [1.29, 1.82) is 0 Å². The summed E-state index contributed by atoms with van der Waals surface area (Å²) in [6.07, 6.45) is 7.28. The Balaban J connectivity index is 1.42. The van der Waals surface area contributed by atoms with Crippen LogP contribution in [0.1, 0.15) is 49.3 Å². The molecule has 2 aromatic heterocycles. The number of nitrogens with zero attached hydrogens (tertiary/aromatic N) is 4. The van der Waals surface area contributed by atoms with E-state index in [9.17, 15) is 4.79 Å². The van der Waals surface area contributed by atoms with Gasteiger partial charge in [-0.2, -0.15) is 0 Å². The van der Waals surface area contributed by atoms with Crippen LogP contribution >= 0.6 is 0 Å². The highest BCUT2D eigenvalue weighted by Crippen LogP contribution is 2.28. The van der Waals surface area contributed by atoms with Crippen molar-refractivity contribution in [2.75, 3.05) is 13.1 Å². The average molecular weight is 365 g/mol. The predicted octanol–water partition coefficient (Wildman–Crippen LogP) is 3.43. The molecule has 1 aliphatic heterocycles. The van der Waals surface area contributed by atoms with Crippen molar-refractivity contribution in [3.05, 3.63) is 47.8 Å². The van der Waals surface area contributed by atoms with Gasteiger partial charge in [-0.15, -0.1) is 0 Å². The van der Waals surface area contributed by atoms with E-state index in [1.165, 1.54) is 5.56 Å². The van der Waals surface area contributed by atoms with E-state index in [2.05, 4.69) is 46.6 Å². The molecule has 142 valence electrons. The van der Waals surface area contributed by atoms with Crippen LogP contribution in [-0.2, 0) is 17.8 Å². The first-order valence-corrected chi connectivity index (χ1v) is 9.88. The van der Waals surface area contributed by atoms with Gasteiger partial charge in [0, 0.05) is 50.8 Å². The first-order valence-electron chi connectivity index (χ1n) is 9.88. The molecule has 3 aromatic rings. The molecule has 1 unspecified atom stereocenters. The number of aromatic amines is 1. The van der Waals surface area contributed by atoms with E-state index in [1.54, 1.807) is 0 Å². The first kappa shape index (κ1) is 17.8. The molecule has 0 spiro atoms. The van der Waals surface area contributed by atoms with Gasteiger partial charge in [-0.05, 0) is 31.4 Å². The Hall–Kier alpha value is -2.63. The van der Waals surface area contributed by atoms with Crippen molar-refractivity contribution in [2.24, 2.45) is 0 Å². The topological polar surface area (TPSA) is 66.8 Å². The Morgan fingerprint density at radius 1 is 1.37 bits per heavy atom. The largest absolute Gasteiger partial charge is 0.342 e. The number of hydrogen-bond acceptors (Lipinski definition) is 3. The standard InChI is InChI=1S/C21H27N5O/c1-3-18-22-10-13-25(18)12-9-19(27)26-11-5-7-16(14-26)21-23-17-8-4-6-15(2)20(17)24-21/h4,6,8,10,13,16H,3,5,7,9,11-12,14H2,1-2H3,(H,23,24). The summed E-state index contributed by atoms with van der Waals surface area (Å²) in [7, 11) is 0. The molecule has 1 aliphatic rings. The van der Waals surface area contributed by atoms with Gasteiger partial charge in [0.1, 0.15) is 11.6 Å². The van der Waals surface area contributed by atoms with E-state index in [0.717, 1.165) is 55.0 Å². The quantitative estimate of drug-likeness (QED) is 0.753. The Bertz CT molecular complexity index is 941. The first-order chi connectivity index (χ1) is 13.2. The van der Waals surface area contributed by atoms with Gasteiger partial charge in [-0.3, -0.25) is 4.79 Å². The molecule has 0 radical (unpaired) electrons. The molecular weight excluding hydrogens is 338 g/mol. The summed E-state index contributed by atoms with van der Waals surface area (Å²) in [5, 5.41) is 0. The number of H-pyrrole nitrogens is 1. The lowest BCUT2D eigenvalue weighted by Gasteiger charge is -2.32. The summed E-state index contributed by atoms with van der Waals surface area (Å²) < 4.78 is 2.08. The van der Waals surface area contributed by atoms with Crippen LogP contribution in [0.25, 0.3) is 11.0 Å². The van der Waals surface area contributed by atoms with Crippen molar-refractivity contribution in [2.45, 2.75) is 52.0 Å². The monoisotopic (exact) mass is 365 g/mol. The maximum atomic E-state index is 12.8. The summed E-state index contributed by atoms with van der Waals surface area (Å²) in [4.78, 5) is 27.4. The fourth-order valence-electron chi connectivity index (χ4n) is 4.05. The molecule has 6 heteroatoms. The lowest BCUT2D eigenvalue weighted by molar-refractivity contribution is -0.132. The van der Waals surface area contributed by atoms with E-state index in [-0.39, 0.29) is 11.8 Å². The highest BCUT2D eigenvalue weighted by Gasteiger charge is 2.26. The van der Waals surface area contributed by atoms with Gasteiger partial charge in [-0.1, -0.05) is 19.1 Å². The van der Waals surface area contributed by atoms with Gasteiger partial charge >= 0.3 is 0 Å². The van der Waals surface area contributed by atoms with E-state index < -0.39 is 0 Å². The number of carbonyl (C=O) groups excluding carboxylic acids is 1. The smallest absolute Gasteiger partial charge is 0.224 e. The van der Waals surface area contributed by atoms with Crippen LogP contribution in [0, 0.1) is 6.92 Å². The third-order valence-electron chi connectivity index (χ3n) is 5.58. The number of aryl methyl sites for hydroxylation is 3. The van der Waals surface area contributed by atoms with Crippen LogP contribution < -0.4 is 0 Å². The van der Waals surface area contributed by atoms with Crippen LogP contribution in [0.15, 0.2) is 30.6 Å². The molecule has 27 heavy (non-hydrogen) atoms. The lowest BCUT2D eigenvalue weighted by atomic mass is 9.97. The van der Waals surface area contributed by atoms with Gasteiger partial charge in [0.05, 0.1) is 11.0 Å². The number of nitrogens with one attached hydrogen (secondary N) is 1.